The second kappa shape index (κ2) is 7.23. The van der Waals surface area contributed by atoms with E-state index in [2.05, 4.69) is 15.4 Å². The van der Waals surface area contributed by atoms with Crippen LogP contribution in [0.25, 0.3) is 11.3 Å². The predicted molar refractivity (Wildman–Crippen MR) is 92.7 cm³/mol. The molecule has 0 unspecified atom stereocenters. The van der Waals surface area contributed by atoms with Crippen molar-refractivity contribution in [1.29, 1.82) is 0 Å². The van der Waals surface area contributed by atoms with Gasteiger partial charge < -0.3 is 15.2 Å². The summed E-state index contributed by atoms with van der Waals surface area (Å²) in [6, 6.07) is 12.6. The topological polar surface area (TPSA) is 103 Å². The first kappa shape index (κ1) is 16.8. The molecule has 3 rings (SSSR count). The molecule has 1 heterocycles. The molecule has 128 valence electrons. The molecule has 0 atom stereocenters. The van der Waals surface area contributed by atoms with E-state index < -0.39 is 5.91 Å². The molecular formula is C17H15ClN4O3. The van der Waals surface area contributed by atoms with E-state index in [1.54, 1.807) is 25.3 Å². The number of carbonyl (C=O) groups excluding carboxylic acids is 1. The van der Waals surface area contributed by atoms with Crippen molar-refractivity contribution in [3.05, 3.63) is 58.7 Å². The molecule has 7 nitrogen and oxygen atoms in total. The SMILES string of the molecule is COc1cccc(COc2ccc(Cl)cc2-c2n[nH]nc2C(N)=O)c1. The summed E-state index contributed by atoms with van der Waals surface area (Å²) >= 11 is 6.08. The van der Waals surface area contributed by atoms with Crippen LogP contribution in [-0.2, 0) is 6.61 Å². The Morgan fingerprint density at radius 1 is 1.24 bits per heavy atom. The lowest BCUT2D eigenvalue weighted by atomic mass is 10.1. The van der Waals surface area contributed by atoms with Crippen LogP contribution >= 0.6 is 11.6 Å². The Labute approximate surface area is 148 Å². The Morgan fingerprint density at radius 2 is 2.08 bits per heavy atom. The fourth-order valence-corrected chi connectivity index (χ4v) is 2.50. The molecule has 2 aromatic carbocycles. The van der Waals surface area contributed by atoms with Crippen LogP contribution in [0.1, 0.15) is 16.1 Å². The molecule has 0 radical (unpaired) electrons. The number of rotatable bonds is 6. The number of hydrogen-bond donors (Lipinski definition) is 2. The van der Waals surface area contributed by atoms with Crippen molar-refractivity contribution >= 4 is 17.5 Å². The Balaban J connectivity index is 1.91. The molecule has 0 saturated heterocycles. The number of primary amides is 1. The van der Waals surface area contributed by atoms with Gasteiger partial charge in [0, 0.05) is 10.6 Å². The maximum atomic E-state index is 11.5. The fraction of sp³-hybridized carbons (Fsp3) is 0.118. The van der Waals surface area contributed by atoms with E-state index in [1.807, 2.05) is 24.3 Å². The van der Waals surface area contributed by atoms with Gasteiger partial charge in [0.15, 0.2) is 5.69 Å². The first-order valence-corrected chi connectivity index (χ1v) is 7.72. The third-order valence-electron chi connectivity index (χ3n) is 3.51. The first-order valence-electron chi connectivity index (χ1n) is 7.34. The molecular weight excluding hydrogens is 344 g/mol. The first-order chi connectivity index (χ1) is 12.1. The maximum Gasteiger partial charge on any atom is 0.271 e. The molecule has 0 saturated carbocycles. The molecule has 0 aliphatic heterocycles. The van der Waals surface area contributed by atoms with E-state index in [1.165, 1.54) is 0 Å². The largest absolute Gasteiger partial charge is 0.497 e. The van der Waals surface area contributed by atoms with Gasteiger partial charge in [-0.25, -0.2) is 0 Å². The molecule has 1 aromatic heterocycles. The Morgan fingerprint density at radius 3 is 2.84 bits per heavy atom. The Hall–Kier alpha value is -3.06. The van der Waals surface area contributed by atoms with Gasteiger partial charge in [0.2, 0.25) is 0 Å². The lowest BCUT2D eigenvalue weighted by Gasteiger charge is -2.12. The van der Waals surface area contributed by atoms with Crippen molar-refractivity contribution in [1.82, 2.24) is 15.4 Å². The van der Waals surface area contributed by atoms with Gasteiger partial charge in [-0.15, -0.1) is 0 Å². The van der Waals surface area contributed by atoms with Crippen molar-refractivity contribution in [3.63, 3.8) is 0 Å². The van der Waals surface area contributed by atoms with E-state index in [0.29, 0.717) is 22.9 Å². The van der Waals surface area contributed by atoms with Crippen molar-refractivity contribution in [2.45, 2.75) is 6.61 Å². The zero-order chi connectivity index (χ0) is 17.8. The van der Waals surface area contributed by atoms with Gasteiger partial charge in [-0.1, -0.05) is 23.7 Å². The molecule has 0 fully saturated rings. The summed E-state index contributed by atoms with van der Waals surface area (Å²) in [6.45, 7) is 0.301. The van der Waals surface area contributed by atoms with Crippen molar-refractivity contribution in [2.24, 2.45) is 5.73 Å². The number of nitrogens with zero attached hydrogens (tertiary/aromatic N) is 2. The zero-order valence-corrected chi connectivity index (χ0v) is 14.1. The molecule has 8 heteroatoms. The van der Waals surface area contributed by atoms with Crippen LogP contribution in [0.2, 0.25) is 5.02 Å². The van der Waals surface area contributed by atoms with Crippen LogP contribution < -0.4 is 15.2 Å². The molecule has 3 aromatic rings. The molecule has 1 amide bonds. The average molecular weight is 359 g/mol. The minimum absolute atomic E-state index is 0.0218. The molecule has 25 heavy (non-hydrogen) atoms. The molecule has 0 spiro atoms. The summed E-state index contributed by atoms with van der Waals surface area (Å²) in [5.74, 6) is 0.552. The van der Waals surface area contributed by atoms with E-state index >= 15 is 0 Å². The lowest BCUT2D eigenvalue weighted by Crippen LogP contribution is -2.13. The quantitative estimate of drug-likeness (QED) is 0.705. The van der Waals surface area contributed by atoms with Crippen molar-refractivity contribution < 1.29 is 14.3 Å². The summed E-state index contributed by atoms with van der Waals surface area (Å²) in [5, 5.41) is 10.6. The van der Waals surface area contributed by atoms with Gasteiger partial charge in [-0.2, -0.15) is 15.4 Å². The Bertz CT molecular complexity index is 910. The number of amides is 1. The van der Waals surface area contributed by atoms with Crippen LogP contribution in [0, 0.1) is 0 Å². The summed E-state index contributed by atoms with van der Waals surface area (Å²) in [6.07, 6.45) is 0. The second-order valence-corrected chi connectivity index (χ2v) is 5.60. The van der Waals surface area contributed by atoms with E-state index in [9.17, 15) is 4.79 Å². The van der Waals surface area contributed by atoms with Crippen LogP contribution in [-0.4, -0.2) is 28.4 Å². The highest BCUT2D eigenvalue weighted by Gasteiger charge is 2.19. The molecule has 0 aliphatic carbocycles. The highest BCUT2D eigenvalue weighted by atomic mass is 35.5. The number of hydrogen-bond acceptors (Lipinski definition) is 5. The highest BCUT2D eigenvalue weighted by molar-refractivity contribution is 6.31. The predicted octanol–water partition coefficient (Wildman–Crippen LogP) is 2.81. The number of methoxy groups -OCH3 is 1. The summed E-state index contributed by atoms with van der Waals surface area (Å²) in [7, 11) is 1.60. The van der Waals surface area contributed by atoms with Crippen LogP contribution in [0.5, 0.6) is 11.5 Å². The highest BCUT2D eigenvalue weighted by Crippen LogP contribution is 2.33. The van der Waals surface area contributed by atoms with Gasteiger partial charge in [-0.05, 0) is 35.9 Å². The summed E-state index contributed by atoms with van der Waals surface area (Å²) in [4.78, 5) is 11.5. The number of H-pyrrole nitrogens is 1. The van der Waals surface area contributed by atoms with Gasteiger partial charge in [0.1, 0.15) is 23.8 Å². The normalized spacial score (nSPS) is 10.5. The average Bonchev–Trinajstić information content (AvgIpc) is 3.10. The van der Waals surface area contributed by atoms with Crippen molar-refractivity contribution in [3.8, 4) is 22.8 Å². The number of carbonyl (C=O) groups is 1. The summed E-state index contributed by atoms with van der Waals surface area (Å²) < 4.78 is 11.1. The number of aromatic nitrogens is 3. The molecule has 0 bridgehead atoms. The van der Waals surface area contributed by atoms with Crippen LogP contribution in [0.15, 0.2) is 42.5 Å². The Kier molecular flexibility index (Phi) is 4.85. The van der Waals surface area contributed by atoms with Crippen LogP contribution in [0.3, 0.4) is 0 Å². The van der Waals surface area contributed by atoms with E-state index in [-0.39, 0.29) is 11.4 Å². The zero-order valence-electron chi connectivity index (χ0n) is 13.3. The standard InChI is InChI=1S/C17H15ClN4O3/c1-24-12-4-2-3-10(7-12)9-25-14-6-5-11(18)8-13(14)15-16(17(19)23)21-22-20-15/h2-8H,9H2,1H3,(H2,19,23)(H,20,21,22). The smallest absolute Gasteiger partial charge is 0.271 e. The number of nitrogens with two attached hydrogens (primary N) is 1. The minimum Gasteiger partial charge on any atom is -0.497 e. The number of aromatic amines is 1. The van der Waals surface area contributed by atoms with Gasteiger partial charge in [-0.3, -0.25) is 4.79 Å². The third kappa shape index (κ3) is 3.72. The second-order valence-electron chi connectivity index (χ2n) is 5.17. The maximum absolute atomic E-state index is 11.5. The van der Waals surface area contributed by atoms with Gasteiger partial charge in [0.25, 0.3) is 5.91 Å². The lowest BCUT2D eigenvalue weighted by molar-refractivity contribution is 0.0996. The fourth-order valence-electron chi connectivity index (χ4n) is 2.33. The summed E-state index contributed by atoms with van der Waals surface area (Å²) in [5.41, 5.74) is 7.09. The van der Waals surface area contributed by atoms with E-state index in [4.69, 9.17) is 26.8 Å². The molecule has 3 N–H and O–H groups in total. The number of benzene rings is 2. The van der Waals surface area contributed by atoms with Gasteiger partial charge >= 0.3 is 0 Å². The van der Waals surface area contributed by atoms with Crippen LogP contribution in [0.4, 0.5) is 0 Å². The van der Waals surface area contributed by atoms with Gasteiger partial charge in [0.05, 0.1) is 7.11 Å². The monoisotopic (exact) mass is 358 g/mol. The molecule has 0 aliphatic rings. The van der Waals surface area contributed by atoms with E-state index in [0.717, 1.165) is 11.3 Å². The number of halogens is 1. The third-order valence-corrected chi connectivity index (χ3v) is 3.74. The number of ether oxygens (including phenoxy) is 2. The van der Waals surface area contributed by atoms with Crippen molar-refractivity contribution in [2.75, 3.05) is 7.11 Å². The number of nitrogens with one attached hydrogen (secondary N) is 1. The minimum atomic E-state index is -0.692.